The van der Waals surface area contributed by atoms with Gasteiger partial charge in [-0.15, -0.1) is 0 Å². The number of hydrogen-bond acceptors (Lipinski definition) is 4. The van der Waals surface area contributed by atoms with Crippen LogP contribution in [0.3, 0.4) is 0 Å². The molecule has 0 heterocycles. The molecule has 2 rings (SSSR count). The molecule has 0 radical (unpaired) electrons. The molecule has 0 aromatic heterocycles. The minimum Gasteiger partial charge on any atom is -0.354 e. The Bertz CT molecular complexity index is 1030. The molecule has 2 aromatic carbocycles. The number of nitrogens with one attached hydrogen (secondary N) is 1. The molecule has 0 saturated carbocycles. The fourth-order valence-electron chi connectivity index (χ4n) is 3.08. The molecular formula is C23H30ClN3O4S. The molecule has 9 heteroatoms. The van der Waals surface area contributed by atoms with Crippen LogP contribution in [-0.4, -0.2) is 50.5 Å². The van der Waals surface area contributed by atoms with Gasteiger partial charge in [0.05, 0.1) is 11.9 Å². The first-order valence-corrected chi connectivity index (χ1v) is 12.6. The minimum atomic E-state index is -3.73. The lowest BCUT2D eigenvalue weighted by Crippen LogP contribution is -2.51. The van der Waals surface area contributed by atoms with Crippen molar-refractivity contribution >= 4 is 39.1 Å². The highest BCUT2D eigenvalue weighted by molar-refractivity contribution is 7.92. The SMILES string of the molecule is CC(C)CNC(=O)C(C)N(Cc1cccc(Cl)c1)C(=O)CN(c1ccccc1)S(C)(=O)=O. The van der Waals surface area contributed by atoms with Crippen LogP contribution >= 0.6 is 11.6 Å². The van der Waals surface area contributed by atoms with Crippen LogP contribution in [0.1, 0.15) is 26.3 Å². The first-order chi connectivity index (χ1) is 15.0. The number of halogens is 1. The van der Waals surface area contributed by atoms with Crippen LogP contribution in [0, 0.1) is 5.92 Å². The van der Waals surface area contributed by atoms with Gasteiger partial charge in [0.25, 0.3) is 0 Å². The number of carbonyl (C=O) groups excluding carboxylic acids is 2. The standard InChI is InChI=1S/C23H30ClN3O4S/c1-17(2)14-25-23(29)18(3)26(15-19-9-8-10-20(24)13-19)22(28)16-27(32(4,30)31)21-11-6-5-7-12-21/h5-13,17-18H,14-16H2,1-4H3,(H,25,29). The second-order valence-electron chi connectivity index (χ2n) is 8.07. The quantitative estimate of drug-likeness (QED) is 0.566. The van der Waals surface area contributed by atoms with Gasteiger partial charge in [0.2, 0.25) is 21.8 Å². The Morgan fingerprint density at radius 1 is 1.03 bits per heavy atom. The Kier molecular flexibility index (Phi) is 9.09. The van der Waals surface area contributed by atoms with Crippen LogP contribution in [0.15, 0.2) is 54.6 Å². The normalized spacial score (nSPS) is 12.3. The Hall–Kier alpha value is -2.58. The molecule has 0 spiro atoms. The van der Waals surface area contributed by atoms with Crippen LogP contribution in [0.5, 0.6) is 0 Å². The van der Waals surface area contributed by atoms with E-state index in [1.54, 1.807) is 61.5 Å². The molecule has 0 fully saturated rings. The van der Waals surface area contributed by atoms with Crippen molar-refractivity contribution in [3.63, 3.8) is 0 Å². The summed E-state index contributed by atoms with van der Waals surface area (Å²) in [6.45, 7) is 5.74. The van der Waals surface area contributed by atoms with Gasteiger partial charge in [-0.3, -0.25) is 13.9 Å². The predicted octanol–water partition coefficient (Wildman–Crippen LogP) is 3.30. The van der Waals surface area contributed by atoms with Gasteiger partial charge in [0, 0.05) is 18.1 Å². The second kappa shape index (κ2) is 11.3. The monoisotopic (exact) mass is 479 g/mol. The van der Waals surface area contributed by atoms with E-state index in [4.69, 9.17) is 11.6 Å². The van der Waals surface area contributed by atoms with Crippen molar-refractivity contribution in [1.29, 1.82) is 0 Å². The van der Waals surface area contributed by atoms with Crippen molar-refractivity contribution in [2.24, 2.45) is 5.92 Å². The lowest BCUT2D eigenvalue weighted by atomic mass is 10.1. The zero-order chi connectivity index (χ0) is 23.9. The number of nitrogens with zero attached hydrogens (tertiary/aromatic N) is 2. The average Bonchev–Trinajstić information content (AvgIpc) is 2.73. The third-order valence-electron chi connectivity index (χ3n) is 4.82. The number of amides is 2. The summed E-state index contributed by atoms with van der Waals surface area (Å²) in [6, 6.07) is 14.6. The largest absolute Gasteiger partial charge is 0.354 e. The van der Waals surface area contributed by atoms with Crippen LogP contribution in [0.4, 0.5) is 5.69 Å². The maximum Gasteiger partial charge on any atom is 0.244 e. The highest BCUT2D eigenvalue weighted by atomic mass is 35.5. The molecule has 0 saturated heterocycles. The minimum absolute atomic E-state index is 0.113. The Morgan fingerprint density at radius 3 is 2.25 bits per heavy atom. The summed E-state index contributed by atoms with van der Waals surface area (Å²) in [5.74, 6) is -0.548. The molecule has 0 aliphatic heterocycles. The summed E-state index contributed by atoms with van der Waals surface area (Å²) < 4.78 is 25.9. The fraction of sp³-hybridized carbons (Fsp3) is 0.391. The van der Waals surface area contributed by atoms with Gasteiger partial charge in [-0.05, 0) is 42.7 Å². The van der Waals surface area contributed by atoms with Crippen molar-refractivity contribution in [3.8, 4) is 0 Å². The highest BCUT2D eigenvalue weighted by Gasteiger charge is 2.30. The van der Waals surface area contributed by atoms with Crippen LogP contribution < -0.4 is 9.62 Å². The number of anilines is 1. The zero-order valence-electron chi connectivity index (χ0n) is 18.8. The predicted molar refractivity (Wildman–Crippen MR) is 128 cm³/mol. The lowest BCUT2D eigenvalue weighted by molar-refractivity contribution is -0.139. The Morgan fingerprint density at radius 2 is 1.69 bits per heavy atom. The van der Waals surface area contributed by atoms with E-state index < -0.39 is 28.5 Å². The molecule has 0 aliphatic carbocycles. The van der Waals surface area contributed by atoms with E-state index in [1.807, 2.05) is 13.8 Å². The van der Waals surface area contributed by atoms with Gasteiger partial charge < -0.3 is 10.2 Å². The van der Waals surface area contributed by atoms with Crippen molar-refractivity contribution < 1.29 is 18.0 Å². The molecule has 2 amide bonds. The molecule has 174 valence electrons. The summed E-state index contributed by atoms with van der Waals surface area (Å²) >= 11 is 6.09. The number of hydrogen-bond donors (Lipinski definition) is 1. The number of benzene rings is 2. The first kappa shape index (κ1) is 25.7. The molecule has 1 atom stereocenters. The van der Waals surface area contributed by atoms with Gasteiger partial charge in [0.15, 0.2) is 0 Å². The molecular weight excluding hydrogens is 450 g/mol. The Balaban J connectivity index is 2.33. The average molecular weight is 480 g/mol. The van der Waals surface area contributed by atoms with Crippen LogP contribution in [0.25, 0.3) is 0 Å². The number of carbonyl (C=O) groups is 2. The van der Waals surface area contributed by atoms with E-state index in [0.29, 0.717) is 17.3 Å². The maximum absolute atomic E-state index is 13.4. The number of rotatable bonds is 10. The van der Waals surface area contributed by atoms with Crippen molar-refractivity contribution in [3.05, 3.63) is 65.2 Å². The Labute approximate surface area is 195 Å². The molecule has 7 nitrogen and oxygen atoms in total. The summed E-state index contributed by atoms with van der Waals surface area (Å²) in [5.41, 5.74) is 1.11. The summed E-state index contributed by atoms with van der Waals surface area (Å²) in [4.78, 5) is 27.5. The van der Waals surface area contributed by atoms with E-state index in [1.165, 1.54) is 4.90 Å². The lowest BCUT2D eigenvalue weighted by Gasteiger charge is -2.31. The third kappa shape index (κ3) is 7.53. The first-order valence-electron chi connectivity index (χ1n) is 10.3. The van der Waals surface area contributed by atoms with Crippen LogP contribution in [0.2, 0.25) is 5.02 Å². The summed E-state index contributed by atoms with van der Waals surface area (Å²) in [5, 5.41) is 3.35. The van der Waals surface area contributed by atoms with Crippen molar-refractivity contribution in [2.75, 3.05) is 23.7 Å². The van der Waals surface area contributed by atoms with Crippen molar-refractivity contribution in [2.45, 2.75) is 33.4 Å². The molecule has 0 aliphatic rings. The second-order valence-corrected chi connectivity index (χ2v) is 10.4. The highest BCUT2D eigenvalue weighted by Crippen LogP contribution is 2.19. The molecule has 1 unspecified atom stereocenters. The summed E-state index contributed by atoms with van der Waals surface area (Å²) in [6.07, 6.45) is 1.05. The topological polar surface area (TPSA) is 86.8 Å². The molecule has 32 heavy (non-hydrogen) atoms. The van der Waals surface area contributed by atoms with E-state index in [-0.39, 0.29) is 18.4 Å². The van der Waals surface area contributed by atoms with Gasteiger partial charge in [-0.25, -0.2) is 8.42 Å². The third-order valence-corrected chi connectivity index (χ3v) is 6.19. The van der Waals surface area contributed by atoms with Crippen molar-refractivity contribution in [1.82, 2.24) is 10.2 Å². The van der Waals surface area contributed by atoms with E-state index >= 15 is 0 Å². The van der Waals surface area contributed by atoms with Gasteiger partial charge in [-0.2, -0.15) is 0 Å². The van der Waals surface area contributed by atoms with E-state index in [9.17, 15) is 18.0 Å². The van der Waals surface area contributed by atoms with Gasteiger partial charge >= 0.3 is 0 Å². The van der Waals surface area contributed by atoms with E-state index in [2.05, 4.69) is 5.32 Å². The number of sulfonamides is 1. The van der Waals surface area contributed by atoms with Gasteiger partial charge in [-0.1, -0.05) is 55.8 Å². The summed E-state index contributed by atoms with van der Waals surface area (Å²) in [7, 11) is -3.73. The number of para-hydroxylation sites is 1. The van der Waals surface area contributed by atoms with E-state index in [0.717, 1.165) is 16.1 Å². The van der Waals surface area contributed by atoms with Gasteiger partial charge in [0.1, 0.15) is 12.6 Å². The fourth-order valence-corrected chi connectivity index (χ4v) is 4.14. The molecule has 0 bridgehead atoms. The molecule has 1 N–H and O–H groups in total. The maximum atomic E-state index is 13.4. The zero-order valence-corrected chi connectivity index (χ0v) is 20.4. The van der Waals surface area contributed by atoms with Crippen LogP contribution in [-0.2, 0) is 26.2 Å². The molecule has 2 aromatic rings. The smallest absolute Gasteiger partial charge is 0.244 e.